The van der Waals surface area contributed by atoms with E-state index in [0.29, 0.717) is 19.1 Å². The molecule has 2 heterocycles. The minimum atomic E-state index is -0.656. The number of rotatable bonds is 8. The monoisotopic (exact) mass is 417 g/mol. The highest BCUT2D eigenvalue weighted by Gasteiger charge is 2.57. The molecule has 6 heteroatoms. The summed E-state index contributed by atoms with van der Waals surface area (Å²) in [7, 11) is 0. The molecule has 0 unspecified atom stereocenters. The van der Waals surface area contributed by atoms with Crippen molar-refractivity contribution in [2.24, 2.45) is 5.92 Å². The molecular weight excluding hydrogens is 382 g/mol. The smallest absolute Gasteiger partial charge is 0.309 e. The van der Waals surface area contributed by atoms with E-state index < -0.39 is 5.54 Å². The fourth-order valence-corrected chi connectivity index (χ4v) is 5.36. The molecule has 1 aromatic carbocycles. The van der Waals surface area contributed by atoms with Crippen LogP contribution in [-0.2, 0) is 11.2 Å². The van der Waals surface area contributed by atoms with Crippen LogP contribution in [0.3, 0.4) is 0 Å². The zero-order valence-corrected chi connectivity index (χ0v) is 19.1. The predicted molar refractivity (Wildman–Crippen MR) is 120 cm³/mol. The largest absolute Gasteiger partial charge is 0.327 e. The van der Waals surface area contributed by atoms with E-state index in [1.54, 1.807) is 0 Å². The third-order valence-electron chi connectivity index (χ3n) is 6.29. The van der Waals surface area contributed by atoms with Crippen molar-refractivity contribution in [3.63, 3.8) is 0 Å². The molecular formula is C23H35N3O2S. The maximum Gasteiger partial charge on any atom is 0.327 e. The number of carbonyl (C=O) groups is 2. The highest BCUT2D eigenvalue weighted by molar-refractivity contribution is 7.98. The molecule has 2 aliphatic rings. The number of thioether (sulfide) groups is 1. The van der Waals surface area contributed by atoms with Crippen molar-refractivity contribution in [3.8, 4) is 0 Å². The van der Waals surface area contributed by atoms with Gasteiger partial charge in [0, 0.05) is 38.0 Å². The van der Waals surface area contributed by atoms with Gasteiger partial charge in [0.25, 0.3) is 5.91 Å². The lowest BCUT2D eigenvalue weighted by Crippen LogP contribution is -2.58. The fraction of sp³-hybridized carbons (Fsp3) is 0.652. The van der Waals surface area contributed by atoms with Crippen molar-refractivity contribution in [2.45, 2.75) is 51.6 Å². The molecule has 0 aliphatic carbocycles. The van der Waals surface area contributed by atoms with E-state index >= 15 is 0 Å². The fourth-order valence-electron chi connectivity index (χ4n) is 4.67. The van der Waals surface area contributed by atoms with Crippen LogP contribution >= 0.6 is 11.8 Å². The summed E-state index contributed by atoms with van der Waals surface area (Å²) in [6, 6.07) is 10.6. The summed E-state index contributed by atoms with van der Waals surface area (Å²) in [4.78, 5) is 32.7. The van der Waals surface area contributed by atoms with Crippen molar-refractivity contribution in [3.05, 3.63) is 35.9 Å². The quantitative estimate of drug-likeness (QED) is 0.605. The van der Waals surface area contributed by atoms with Crippen LogP contribution in [0, 0.1) is 5.92 Å². The van der Waals surface area contributed by atoms with Crippen molar-refractivity contribution in [1.29, 1.82) is 0 Å². The molecule has 3 rings (SSSR count). The molecule has 29 heavy (non-hydrogen) atoms. The van der Waals surface area contributed by atoms with Gasteiger partial charge in [-0.2, -0.15) is 11.8 Å². The first-order chi connectivity index (χ1) is 13.9. The van der Waals surface area contributed by atoms with E-state index in [-0.39, 0.29) is 17.9 Å². The van der Waals surface area contributed by atoms with Crippen LogP contribution < -0.4 is 0 Å². The molecule has 2 aliphatic heterocycles. The summed E-state index contributed by atoms with van der Waals surface area (Å²) in [5.74, 6) is 1.40. The summed E-state index contributed by atoms with van der Waals surface area (Å²) < 4.78 is 0. The SMILES string of the molecule is CSC[C@H](C)N1CCC2(CC1)C(=O)N(CC(C)C)C(=O)N2CCc1ccccc1. The van der Waals surface area contributed by atoms with Crippen LogP contribution in [0.5, 0.6) is 0 Å². The van der Waals surface area contributed by atoms with Gasteiger partial charge in [-0.3, -0.25) is 14.6 Å². The zero-order valence-electron chi connectivity index (χ0n) is 18.3. The van der Waals surface area contributed by atoms with E-state index in [4.69, 9.17) is 0 Å². The van der Waals surface area contributed by atoms with Gasteiger partial charge in [-0.05, 0) is 43.9 Å². The molecule has 160 valence electrons. The number of hydrogen-bond acceptors (Lipinski definition) is 4. The Morgan fingerprint density at radius 2 is 1.72 bits per heavy atom. The number of urea groups is 1. The van der Waals surface area contributed by atoms with E-state index in [9.17, 15) is 9.59 Å². The Morgan fingerprint density at radius 3 is 2.31 bits per heavy atom. The summed E-state index contributed by atoms with van der Waals surface area (Å²) >= 11 is 1.86. The Labute approximate surface area is 179 Å². The molecule has 2 fully saturated rings. The number of likely N-dealkylation sites (tertiary alicyclic amines) is 1. The third kappa shape index (κ3) is 4.64. The van der Waals surface area contributed by atoms with E-state index in [1.165, 1.54) is 10.5 Å². The summed E-state index contributed by atoms with van der Waals surface area (Å²) in [5.41, 5.74) is 0.548. The van der Waals surface area contributed by atoms with Crippen molar-refractivity contribution in [1.82, 2.24) is 14.7 Å². The van der Waals surface area contributed by atoms with Gasteiger partial charge < -0.3 is 4.90 Å². The lowest BCUT2D eigenvalue weighted by molar-refractivity contribution is -0.136. The van der Waals surface area contributed by atoms with Crippen LogP contribution in [0.25, 0.3) is 0 Å². The van der Waals surface area contributed by atoms with E-state index in [1.807, 2.05) is 34.9 Å². The summed E-state index contributed by atoms with van der Waals surface area (Å²) in [6.45, 7) is 9.24. The molecule has 1 aromatic rings. The van der Waals surface area contributed by atoms with Gasteiger partial charge in [-0.25, -0.2) is 4.79 Å². The Balaban J connectivity index is 1.79. The number of nitrogens with zero attached hydrogens (tertiary/aromatic N) is 3. The van der Waals surface area contributed by atoms with Gasteiger partial charge in [-0.15, -0.1) is 0 Å². The second kappa shape index (κ2) is 9.52. The Morgan fingerprint density at radius 1 is 1.07 bits per heavy atom. The van der Waals surface area contributed by atoms with Gasteiger partial charge in [0.2, 0.25) is 0 Å². The average molecular weight is 418 g/mol. The first-order valence-electron chi connectivity index (χ1n) is 10.8. The molecule has 0 saturated carbocycles. The number of piperidine rings is 1. The maximum absolute atomic E-state index is 13.5. The number of benzene rings is 1. The normalized spacial score (nSPS) is 20.9. The summed E-state index contributed by atoms with van der Waals surface area (Å²) in [5, 5.41) is 0. The minimum absolute atomic E-state index is 0.0291. The predicted octanol–water partition coefficient (Wildman–Crippen LogP) is 3.74. The number of amides is 3. The number of hydrogen-bond donors (Lipinski definition) is 0. The average Bonchev–Trinajstić information content (AvgIpc) is 2.89. The molecule has 1 atom stereocenters. The lowest BCUT2D eigenvalue weighted by Gasteiger charge is -2.44. The van der Waals surface area contributed by atoms with Gasteiger partial charge >= 0.3 is 6.03 Å². The van der Waals surface area contributed by atoms with Crippen LogP contribution in [0.1, 0.15) is 39.2 Å². The topological polar surface area (TPSA) is 43.9 Å². The molecule has 1 spiro atoms. The highest BCUT2D eigenvalue weighted by atomic mass is 32.2. The minimum Gasteiger partial charge on any atom is -0.309 e. The van der Waals surface area contributed by atoms with E-state index in [0.717, 1.165) is 38.1 Å². The molecule has 3 amide bonds. The van der Waals surface area contributed by atoms with Crippen LogP contribution in [0.15, 0.2) is 30.3 Å². The number of carbonyl (C=O) groups excluding carboxylic acids is 2. The second-order valence-corrected chi connectivity index (χ2v) is 9.76. The highest BCUT2D eigenvalue weighted by Crippen LogP contribution is 2.38. The number of imide groups is 1. The van der Waals surface area contributed by atoms with Crippen LogP contribution in [0.2, 0.25) is 0 Å². The van der Waals surface area contributed by atoms with Gasteiger partial charge in [0.15, 0.2) is 0 Å². The van der Waals surface area contributed by atoms with Gasteiger partial charge in [0.1, 0.15) is 5.54 Å². The van der Waals surface area contributed by atoms with Crippen molar-refractivity contribution < 1.29 is 9.59 Å². The van der Waals surface area contributed by atoms with Crippen molar-refractivity contribution >= 4 is 23.7 Å². The van der Waals surface area contributed by atoms with Crippen LogP contribution in [0.4, 0.5) is 4.79 Å². The maximum atomic E-state index is 13.5. The lowest BCUT2D eigenvalue weighted by atomic mass is 9.85. The second-order valence-electron chi connectivity index (χ2n) is 8.85. The molecule has 2 saturated heterocycles. The molecule has 0 bridgehead atoms. The summed E-state index contributed by atoms with van der Waals surface area (Å²) in [6.07, 6.45) is 4.39. The van der Waals surface area contributed by atoms with Gasteiger partial charge in [-0.1, -0.05) is 44.2 Å². The Hall–Kier alpha value is -1.53. The first kappa shape index (κ1) is 22.2. The van der Waals surface area contributed by atoms with Crippen molar-refractivity contribution in [2.75, 3.05) is 38.2 Å². The standard InChI is InChI=1S/C23H35N3O2S/c1-18(2)16-25-21(27)23(11-14-24(15-12-23)19(3)17-29-4)26(22(25)28)13-10-20-8-6-5-7-9-20/h5-9,18-19H,10-17H2,1-4H3/t19-/m0/s1. The molecule has 0 N–H and O–H groups in total. The Kier molecular flexibility index (Phi) is 7.28. The zero-order chi connectivity index (χ0) is 21.0. The van der Waals surface area contributed by atoms with E-state index in [2.05, 4.69) is 44.1 Å². The molecule has 5 nitrogen and oxygen atoms in total. The third-order valence-corrected chi connectivity index (χ3v) is 7.11. The van der Waals surface area contributed by atoms with Gasteiger partial charge in [0.05, 0.1) is 0 Å². The van der Waals surface area contributed by atoms with Crippen LogP contribution in [-0.4, -0.2) is 76.4 Å². The Bertz CT molecular complexity index is 701. The molecule has 0 radical (unpaired) electrons. The first-order valence-corrected chi connectivity index (χ1v) is 12.2. The molecule has 0 aromatic heterocycles.